The lowest BCUT2D eigenvalue weighted by atomic mass is 9.73. The molecule has 2 fully saturated rings. The molecule has 0 atom stereocenters. The zero-order valence-electron chi connectivity index (χ0n) is 11.4. The van der Waals surface area contributed by atoms with E-state index in [0.717, 1.165) is 38.5 Å². The minimum Gasteiger partial charge on any atom is -0.481 e. The first-order chi connectivity index (χ1) is 8.96. The monoisotopic (exact) mass is 268 g/mol. The zero-order chi connectivity index (χ0) is 13.9. The SMILES string of the molecule is NC1(CC(=O)NCC2(C(=O)O)CCCCC2)CCC1. The number of carbonyl (C=O) groups excluding carboxylic acids is 1. The number of hydrogen-bond donors (Lipinski definition) is 3. The molecular formula is C14H24N2O3. The molecule has 2 rings (SSSR count). The predicted octanol–water partition coefficient (Wildman–Crippen LogP) is 1.41. The van der Waals surface area contributed by atoms with Gasteiger partial charge in [-0.05, 0) is 32.1 Å². The molecule has 1 amide bonds. The summed E-state index contributed by atoms with van der Waals surface area (Å²) in [6, 6.07) is 0. The number of nitrogens with two attached hydrogens (primary N) is 1. The molecule has 0 aromatic rings. The van der Waals surface area contributed by atoms with E-state index in [-0.39, 0.29) is 18.0 Å². The number of amides is 1. The van der Waals surface area contributed by atoms with Crippen LogP contribution in [0.4, 0.5) is 0 Å². The molecule has 0 unspecified atom stereocenters. The highest BCUT2D eigenvalue weighted by Gasteiger charge is 2.40. The van der Waals surface area contributed by atoms with Gasteiger partial charge in [0.25, 0.3) is 0 Å². The van der Waals surface area contributed by atoms with E-state index >= 15 is 0 Å². The molecule has 2 aliphatic rings. The van der Waals surface area contributed by atoms with Gasteiger partial charge in [-0.15, -0.1) is 0 Å². The van der Waals surface area contributed by atoms with E-state index in [2.05, 4.69) is 5.32 Å². The van der Waals surface area contributed by atoms with Gasteiger partial charge in [0.15, 0.2) is 0 Å². The van der Waals surface area contributed by atoms with Gasteiger partial charge in [0.05, 0.1) is 5.41 Å². The Hall–Kier alpha value is -1.10. The van der Waals surface area contributed by atoms with Crippen LogP contribution in [0.3, 0.4) is 0 Å². The van der Waals surface area contributed by atoms with Crippen molar-refractivity contribution in [1.82, 2.24) is 5.32 Å². The number of carboxylic acids is 1. The van der Waals surface area contributed by atoms with Gasteiger partial charge in [-0.1, -0.05) is 19.3 Å². The zero-order valence-corrected chi connectivity index (χ0v) is 11.4. The van der Waals surface area contributed by atoms with Gasteiger partial charge in [-0.2, -0.15) is 0 Å². The second-order valence-electron chi connectivity index (χ2n) is 6.32. The van der Waals surface area contributed by atoms with Crippen LogP contribution in [0.1, 0.15) is 57.8 Å². The maximum absolute atomic E-state index is 11.9. The third-order valence-electron chi connectivity index (χ3n) is 4.75. The standard InChI is InChI=1S/C14H24N2O3/c15-14(7-4-8-14)9-11(17)16-10-13(12(18)19)5-2-1-3-6-13/h1-10,15H2,(H,16,17)(H,18,19). The van der Waals surface area contributed by atoms with E-state index in [4.69, 9.17) is 5.73 Å². The van der Waals surface area contributed by atoms with Crippen molar-refractivity contribution in [2.45, 2.75) is 63.3 Å². The molecule has 2 saturated carbocycles. The summed E-state index contributed by atoms with van der Waals surface area (Å²) in [6.45, 7) is 0.247. The summed E-state index contributed by atoms with van der Waals surface area (Å²) in [4.78, 5) is 23.3. The Morgan fingerprint density at radius 1 is 1.05 bits per heavy atom. The first kappa shape index (κ1) is 14.3. The van der Waals surface area contributed by atoms with E-state index in [1.165, 1.54) is 0 Å². The Kier molecular flexibility index (Phi) is 4.13. The lowest BCUT2D eigenvalue weighted by Crippen LogP contribution is -2.51. The van der Waals surface area contributed by atoms with Gasteiger partial charge < -0.3 is 16.2 Å². The Morgan fingerprint density at radius 2 is 1.68 bits per heavy atom. The summed E-state index contributed by atoms with van der Waals surface area (Å²) in [5.74, 6) is -0.882. The number of aliphatic carboxylic acids is 1. The molecule has 2 aliphatic carbocycles. The van der Waals surface area contributed by atoms with Crippen molar-refractivity contribution in [1.29, 1.82) is 0 Å². The Morgan fingerprint density at radius 3 is 2.16 bits per heavy atom. The summed E-state index contributed by atoms with van der Waals surface area (Å²) in [7, 11) is 0. The average Bonchev–Trinajstić information content (AvgIpc) is 2.35. The third-order valence-corrected chi connectivity index (χ3v) is 4.75. The summed E-state index contributed by atoms with van der Waals surface area (Å²) in [6.07, 6.45) is 7.48. The minimum atomic E-state index is -0.779. The number of carboxylic acid groups (broad SMARTS) is 1. The van der Waals surface area contributed by atoms with E-state index in [0.29, 0.717) is 19.3 Å². The minimum absolute atomic E-state index is 0.103. The first-order valence-corrected chi connectivity index (χ1v) is 7.25. The van der Waals surface area contributed by atoms with Gasteiger partial charge >= 0.3 is 5.97 Å². The Bertz CT molecular complexity index is 358. The largest absolute Gasteiger partial charge is 0.481 e. The first-order valence-electron chi connectivity index (χ1n) is 7.25. The lowest BCUT2D eigenvalue weighted by molar-refractivity contribution is -0.151. The summed E-state index contributed by atoms with van der Waals surface area (Å²) in [5, 5.41) is 12.2. The molecule has 4 N–H and O–H groups in total. The fourth-order valence-corrected chi connectivity index (χ4v) is 3.15. The highest BCUT2D eigenvalue weighted by Crippen LogP contribution is 2.36. The highest BCUT2D eigenvalue weighted by molar-refractivity contribution is 5.80. The van der Waals surface area contributed by atoms with Crippen LogP contribution < -0.4 is 11.1 Å². The maximum Gasteiger partial charge on any atom is 0.311 e. The maximum atomic E-state index is 11.9. The number of hydrogen-bond acceptors (Lipinski definition) is 3. The normalized spacial score (nSPS) is 24.3. The Labute approximate surface area is 113 Å². The van der Waals surface area contributed by atoms with Crippen LogP contribution in [0.5, 0.6) is 0 Å². The summed E-state index contributed by atoms with van der Waals surface area (Å²) in [5.41, 5.74) is 4.93. The molecule has 5 nitrogen and oxygen atoms in total. The van der Waals surface area contributed by atoms with Crippen LogP contribution >= 0.6 is 0 Å². The highest BCUT2D eigenvalue weighted by atomic mass is 16.4. The molecule has 19 heavy (non-hydrogen) atoms. The molecule has 0 bridgehead atoms. The van der Waals surface area contributed by atoms with Crippen molar-refractivity contribution < 1.29 is 14.7 Å². The number of carbonyl (C=O) groups is 2. The van der Waals surface area contributed by atoms with E-state index < -0.39 is 11.4 Å². The molecule has 0 aromatic carbocycles. The molecule has 0 spiro atoms. The molecule has 0 radical (unpaired) electrons. The lowest BCUT2D eigenvalue weighted by Gasteiger charge is -2.38. The quantitative estimate of drug-likeness (QED) is 0.703. The van der Waals surface area contributed by atoms with Gasteiger partial charge in [-0.25, -0.2) is 0 Å². The third kappa shape index (κ3) is 3.26. The van der Waals surface area contributed by atoms with Gasteiger partial charge in [0.1, 0.15) is 0 Å². The second-order valence-corrected chi connectivity index (χ2v) is 6.32. The summed E-state index contributed by atoms with van der Waals surface area (Å²) < 4.78 is 0. The molecule has 108 valence electrons. The Balaban J connectivity index is 1.84. The van der Waals surface area contributed by atoms with Crippen molar-refractivity contribution in [3.63, 3.8) is 0 Å². The van der Waals surface area contributed by atoms with E-state index in [9.17, 15) is 14.7 Å². The number of nitrogens with one attached hydrogen (secondary N) is 1. The molecule has 0 aliphatic heterocycles. The number of rotatable bonds is 5. The van der Waals surface area contributed by atoms with E-state index in [1.807, 2.05) is 0 Å². The average molecular weight is 268 g/mol. The van der Waals surface area contributed by atoms with Crippen LogP contribution in [0.25, 0.3) is 0 Å². The van der Waals surface area contributed by atoms with Crippen molar-refractivity contribution in [2.75, 3.05) is 6.54 Å². The van der Waals surface area contributed by atoms with Crippen LogP contribution in [-0.4, -0.2) is 29.1 Å². The molecule has 0 saturated heterocycles. The van der Waals surface area contributed by atoms with Crippen LogP contribution in [0.15, 0.2) is 0 Å². The van der Waals surface area contributed by atoms with Crippen molar-refractivity contribution in [2.24, 2.45) is 11.1 Å². The molecule has 5 heteroatoms. The van der Waals surface area contributed by atoms with Crippen LogP contribution in [0, 0.1) is 5.41 Å². The smallest absolute Gasteiger partial charge is 0.311 e. The van der Waals surface area contributed by atoms with Gasteiger partial charge in [-0.3, -0.25) is 9.59 Å². The van der Waals surface area contributed by atoms with Crippen molar-refractivity contribution in [3.8, 4) is 0 Å². The van der Waals surface area contributed by atoms with Crippen molar-refractivity contribution >= 4 is 11.9 Å². The van der Waals surface area contributed by atoms with Gasteiger partial charge in [0, 0.05) is 18.5 Å². The topological polar surface area (TPSA) is 92.4 Å². The molecule has 0 aromatic heterocycles. The fourth-order valence-electron chi connectivity index (χ4n) is 3.15. The van der Waals surface area contributed by atoms with Crippen LogP contribution in [-0.2, 0) is 9.59 Å². The fraction of sp³-hybridized carbons (Fsp3) is 0.857. The second kappa shape index (κ2) is 5.49. The van der Waals surface area contributed by atoms with Crippen LogP contribution in [0.2, 0.25) is 0 Å². The van der Waals surface area contributed by atoms with Crippen molar-refractivity contribution in [3.05, 3.63) is 0 Å². The molecular weight excluding hydrogens is 244 g/mol. The summed E-state index contributed by atoms with van der Waals surface area (Å²) >= 11 is 0. The van der Waals surface area contributed by atoms with E-state index in [1.54, 1.807) is 0 Å². The predicted molar refractivity (Wildman–Crippen MR) is 71.5 cm³/mol. The molecule has 0 heterocycles. The van der Waals surface area contributed by atoms with Gasteiger partial charge in [0.2, 0.25) is 5.91 Å².